The van der Waals surface area contributed by atoms with Gasteiger partial charge in [0, 0.05) is 26.1 Å². The highest BCUT2D eigenvalue weighted by atomic mass is 16.1. The van der Waals surface area contributed by atoms with E-state index in [0.29, 0.717) is 12.2 Å². The molecule has 116 valence electrons. The van der Waals surface area contributed by atoms with Crippen LogP contribution in [0.1, 0.15) is 20.3 Å². The summed E-state index contributed by atoms with van der Waals surface area (Å²) in [6.07, 6.45) is 7.07. The highest BCUT2D eigenvalue weighted by Crippen LogP contribution is 2.15. The lowest BCUT2D eigenvalue weighted by Gasteiger charge is -2.12. The van der Waals surface area contributed by atoms with Gasteiger partial charge in [-0.25, -0.2) is 13.8 Å². The van der Waals surface area contributed by atoms with Crippen LogP contribution >= 0.6 is 0 Å². The van der Waals surface area contributed by atoms with Crippen molar-refractivity contribution in [3.8, 4) is 0 Å². The molecule has 0 fully saturated rings. The van der Waals surface area contributed by atoms with Crippen molar-refractivity contribution in [2.24, 2.45) is 7.05 Å². The van der Waals surface area contributed by atoms with Crippen molar-refractivity contribution in [1.29, 1.82) is 0 Å². The molecule has 0 amide bonds. The summed E-state index contributed by atoms with van der Waals surface area (Å²) >= 11 is 0. The van der Waals surface area contributed by atoms with Gasteiger partial charge in [0.05, 0.1) is 13.6 Å². The molecule has 2 rings (SSSR count). The van der Waals surface area contributed by atoms with Gasteiger partial charge >= 0.3 is 0 Å². The Labute approximate surface area is 124 Å². The topological polar surface area (TPSA) is 73.8 Å². The monoisotopic (exact) mass is 293 g/mol. The van der Waals surface area contributed by atoms with E-state index in [-0.39, 0.29) is 5.56 Å². The average Bonchev–Trinajstić information content (AvgIpc) is 2.98. The van der Waals surface area contributed by atoms with E-state index in [9.17, 15) is 4.79 Å². The second-order valence-corrected chi connectivity index (χ2v) is 5.10. The van der Waals surface area contributed by atoms with Gasteiger partial charge in [0.25, 0.3) is 5.56 Å². The van der Waals surface area contributed by atoms with Crippen LogP contribution in [0.4, 0.5) is 11.5 Å². The molecule has 2 heterocycles. The number of nitrogens with one attached hydrogen (secondary N) is 1. The van der Waals surface area contributed by atoms with Gasteiger partial charge in [0.1, 0.15) is 23.9 Å². The molecule has 0 unspecified atom stereocenters. The molecule has 0 aliphatic carbocycles. The molecular formula is C14H25N6O+. The zero-order valence-corrected chi connectivity index (χ0v) is 13.0. The van der Waals surface area contributed by atoms with E-state index in [0.717, 1.165) is 31.9 Å². The van der Waals surface area contributed by atoms with Crippen molar-refractivity contribution in [1.82, 2.24) is 13.9 Å². The van der Waals surface area contributed by atoms with E-state index >= 15 is 0 Å². The summed E-state index contributed by atoms with van der Waals surface area (Å²) in [5, 5.41) is 3.30. The molecule has 3 N–H and O–H groups in total. The van der Waals surface area contributed by atoms with Gasteiger partial charge in [0.15, 0.2) is 0 Å². The van der Waals surface area contributed by atoms with Gasteiger partial charge in [-0.3, -0.25) is 9.48 Å². The third-order valence-corrected chi connectivity index (χ3v) is 3.58. The number of hydrogen-bond acceptors (Lipinski definition) is 3. The van der Waals surface area contributed by atoms with Gasteiger partial charge in [-0.1, -0.05) is 0 Å². The normalized spacial score (nSPS) is 11.0. The Balaban J connectivity index is 1.98. The molecule has 7 heteroatoms. The van der Waals surface area contributed by atoms with Gasteiger partial charge in [-0.2, -0.15) is 0 Å². The zero-order valence-electron chi connectivity index (χ0n) is 13.0. The largest absolute Gasteiger partial charge is 0.391 e. The Bertz CT molecular complexity index is 651. The van der Waals surface area contributed by atoms with E-state index in [4.69, 9.17) is 5.73 Å². The summed E-state index contributed by atoms with van der Waals surface area (Å²) in [6.45, 7) is 7.01. The molecule has 0 radical (unpaired) electrons. The number of nitrogen functional groups attached to an aromatic ring is 1. The summed E-state index contributed by atoms with van der Waals surface area (Å²) in [6, 6.07) is 0. The molecule has 0 spiro atoms. The minimum atomic E-state index is -0.112. The Morgan fingerprint density at radius 1 is 1.29 bits per heavy atom. The van der Waals surface area contributed by atoms with Gasteiger partial charge < -0.3 is 11.1 Å². The number of nitrogens with two attached hydrogens (primary N) is 1. The van der Waals surface area contributed by atoms with Crippen molar-refractivity contribution in [2.75, 3.05) is 17.6 Å². The predicted molar refractivity (Wildman–Crippen MR) is 83.2 cm³/mol. The maximum Gasteiger partial charge on any atom is 0.292 e. The lowest BCUT2D eigenvalue weighted by molar-refractivity contribution is -0.671. The van der Waals surface area contributed by atoms with Gasteiger partial charge in [-0.15, -0.1) is 0 Å². The number of rotatable bonds is 7. The lowest BCUT2D eigenvalue weighted by Crippen LogP contribution is -2.24. The molecule has 0 saturated heterocycles. The predicted octanol–water partition coefficient (Wildman–Crippen LogP) is 0.400. The fourth-order valence-electron chi connectivity index (χ4n) is 2.54. The first-order chi connectivity index (χ1) is 10.1. The molecule has 0 aliphatic rings. The molecule has 7 nitrogen and oxygen atoms in total. The molecule has 21 heavy (non-hydrogen) atoms. The third-order valence-electron chi connectivity index (χ3n) is 3.58. The molecule has 2 aromatic rings. The number of anilines is 2. The molecule has 2 aromatic heterocycles. The van der Waals surface area contributed by atoms with E-state index < -0.39 is 0 Å². The Morgan fingerprint density at radius 3 is 2.57 bits per heavy atom. The number of aromatic nitrogens is 4. The second kappa shape index (κ2) is 6.51. The number of nitrogens with zero attached hydrogens (tertiary/aromatic N) is 4. The van der Waals surface area contributed by atoms with Crippen molar-refractivity contribution in [3.05, 3.63) is 29.1 Å². The van der Waals surface area contributed by atoms with Crippen LogP contribution < -0.4 is 21.2 Å². The fourth-order valence-corrected chi connectivity index (χ4v) is 2.54. The molecule has 0 aromatic carbocycles. The van der Waals surface area contributed by atoms with Crippen LogP contribution in [-0.2, 0) is 26.7 Å². The lowest BCUT2D eigenvalue weighted by atomic mass is 10.4. The first-order valence-electron chi connectivity index (χ1n) is 7.42. The molecule has 0 bridgehead atoms. The average molecular weight is 293 g/mol. The third kappa shape index (κ3) is 3.12. The van der Waals surface area contributed by atoms with Gasteiger partial charge in [0.2, 0.25) is 6.33 Å². The van der Waals surface area contributed by atoms with Crippen LogP contribution in [-0.4, -0.2) is 20.5 Å². The number of imidazole rings is 1. The van der Waals surface area contributed by atoms with Crippen LogP contribution in [0, 0.1) is 0 Å². The van der Waals surface area contributed by atoms with Crippen molar-refractivity contribution >= 4 is 11.5 Å². The first-order valence-corrected chi connectivity index (χ1v) is 7.42. The quantitative estimate of drug-likeness (QED) is 0.573. The Morgan fingerprint density at radius 2 is 2.00 bits per heavy atom. The summed E-state index contributed by atoms with van der Waals surface area (Å²) in [7, 11) is 2.00. The van der Waals surface area contributed by atoms with Crippen molar-refractivity contribution < 1.29 is 4.57 Å². The fraction of sp³-hybridized carbons (Fsp3) is 0.571. The maximum atomic E-state index is 12.0. The highest BCUT2D eigenvalue weighted by molar-refractivity contribution is 5.60. The Kier molecular flexibility index (Phi) is 4.72. The maximum absolute atomic E-state index is 12.0. The summed E-state index contributed by atoms with van der Waals surface area (Å²) in [5.74, 6) is 0.738. The standard InChI is InChI=1S/C14H24N6O/c1-4-19-13(12(15)14(21)20(19)5-2)16-7-6-8-18-10-9-17(3)11-18/h9-11H,4-8,15H2,1-3H3/p+1. The SMILES string of the molecule is CCn1c(NCCCn2cc[n+](C)c2)c(N)c(=O)n1CC. The molecular weight excluding hydrogens is 268 g/mol. The van der Waals surface area contributed by atoms with Crippen LogP contribution in [0.25, 0.3) is 0 Å². The van der Waals surface area contributed by atoms with Crippen LogP contribution in [0.5, 0.6) is 0 Å². The first kappa shape index (κ1) is 15.2. The van der Waals surface area contributed by atoms with Crippen molar-refractivity contribution in [2.45, 2.75) is 39.9 Å². The summed E-state index contributed by atoms with van der Waals surface area (Å²) in [4.78, 5) is 12.0. The summed E-state index contributed by atoms with van der Waals surface area (Å²) < 4.78 is 7.73. The summed E-state index contributed by atoms with van der Waals surface area (Å²) in [5.41, 5.74) is 6.13. The van der Waals surface area contributed by atoms with Crippen LogP contribution in [0.15, 0.2) is 23.5 Å². The minimum absolute atomic E-state index is 0.112. The van der Waals surface area contributed by atoms with E-state index in [1.54, 1.807) is 4.68 Å². The van der Waals surface area contributed by atoms with E-state index in [2.05, 4.69) is 9.88 Å². The minimum Gasteiger partial charge on any atom is -0.391 e. The molecule has 0 aliphatic heterocycles. The Hall–Kier alpha value is -2.18. The highest BCUT2D eigenvalue weighted by Gasteiger charge is 2.15. The molecule has 0 saturated carbocycles. The smallest absolute Gasteiger partial charge is 0.292 e. The second-order valence-electron chi connectivity index (χ2n) is 5.10. The number of aryl methyl sites for hydroxylation is 2. The number of hydrogen-bond donors (Lipinski definition) is 2. The van der Waals surface area contributed by atoms with E-state index in [1.165, 1.54) is 0 Å². The van der Waals surface area contributed by atoms with E-state index in [1.807, 2.05) is 48.9 Å². The van der Waals surface area contributed by atoms with Gasteiger partial charge in [-0.05, 0) is 13.8 Å². The van der Waals surface area contributed by atoms with Crippen LogP contribution in [0.2, 0.25) is 0 Å². The zero-order chi connectivity index (χ0) is 15.4. The molecule has 0 atom stereocenters. The van der Waals surface area contributed by atoms with Crippen molar-refractivity contribution in [3.63, 3.8) is 0 Å². The van der Waals surface area contributed by atoms with Crippen LogP contribution in [0.3, 0.4) is 0 Å².